The molecular weight excluding hydrogens is 402 g/mol. The third kappa shape index (κ3) is 3.82. The van der Waals surface area contributed by atoms with Crippen molar-refractivity contribution in [1.29, 1.82) is 0 Å². The van der Waals surface area contributed by atoms with Gasteiger partial charge in [0.15, 0.2) is 0 Å². The number of fused-ring (bicyclic) bond motifs is 1. The van der Waals surface area contributed by atoms with Crippen molar-refractivity contribution in [3.8, 4) is 0 Å². The van der Waals surface area contributed by atoms with Gasteiger partial charge in [-0.15, -0.1) is 0 Å². The summed E-state index contributed by atoms with van der Waals surface area (Å²) in [4.78, 5) is 15.3. The average molecular weight is 426 g/mol. The highest BCUT2D eigenvalue weighted by Gasteiger charge is 2.25. The number of halogens is 1. The van der Waals surface area contributed by atoms with Gasteiger partial charge < -0.3 is 20.3 Å². The largest absolute Gasteiger partial charge is 0.491 e. The Morgan fingerprint density at radius 2 is 2.17 bits per heavy atom. The van der Waals surface area contributed by atoms with E-state index in [1.54, 1.807) is 29.0 Å². The topological polar surface area (TPSA) is 70.9 Å². The Balaban J connectivity index is 1.30. The van der Waals surface area contributed by atoms with Gasteiger partial charge in [0.2, 0.25) is 0 Å². The number of nitrogens with one attached hydrogen (secondary N) is 2. The van der Waals surface area contributed by atoms with Gasteiger partial charge in [-0.2, -0.15) is 5.10 Å². The normalized spacial score (nSPS) is 21.7. The number of allylic oxidation sites excluding steroid dienone is 3. The van der Waals surface area contributed by atoms with Gasteiger partial charge in [-0.05, 0) is 30.2 Å². The number of hydrogen-bond donors (Lipinski definition) is 2. The van der Waals surface area contributed by atoms with Gasteiger partial charge in [0.1, 0.15) is 12.4 Å². The second kappa shape index (κ2) is 8.16. The molecule has 2 aromatic heterocycles. The molecule has 2 aliphatic heterocycles. The van der Waals surface area contributed by atoms with E-state index in [1.165, 1.54) is 5.70 Å². The first-order valence-corrected chi connectivity index (χ1v) is 10.7. The summed E-state index contributed by atoms with van der Waals surface area (Å²) < 4.78 is 7.69. The van der Waals surface area contributed by atoms with Crippen molar-refractivity contribution in [2.75, 3.05) is 32.8 Å². The fourth-order valence-electron chi connectivity index (χ4n) is 4.19. The summed E-state index contributed by atoms with van der Waals surface area (Å²) in [5.74, 6) is 0.771. The van der Waals surface area contributed by atoms with Gasteiger partial charge in [0.25, 0.3) is 5.91 Å². The molecule has 3 aliphatic rings. The number of rotatable bonds is 3. The van der Waals surface area contributed by atoms with Gasteiger partial charge in [0.05, 0.1) is 28.3 Å². The number of hydrogen-bond acceptors (Lipinski definition) is 5. The quantitative estimate of drug-likeness (QED) is 0.790. The van der Waals surface area contributed by atoms with E-state index in [2.05, 4.69) is 38.9 Å². The number of carbonyl (C=O) groups is 1. The Morgan fingerprint density at radius 1 is 1.30 bits per heavy atom. The number of amides is 1. The third-order valence-electron chi connectivity index (χ3n) is 5.75. The summed E-state index contributed by atoms with van der Waals surface area (Å²) in [6, 6.07) is 3.48. The Bertz CT molecular complexity index is 1060. The van der Waals surface area contributed by atoms with Gasteiger partial charge in [-0.3, -0.25) is 4.79 Å². The molecule has 0 bridgehead atoms. The van der Waals surface area contributed by atoms with Gasteiger partial charge >= 0.3 is 0 Å². The molecule has 5 rings (SSSR count). The van der Waals surface area contributed by atoms with E-state index in [4.69, 9.17) is 16.3 Å². The fourth-order valence-corrected chi connectivity index (χ4v) is 4.34. The predicted molar refractivity (Wildman–Crippen MR) is 115 cm³/mol. The first-order valence-electron chi connectivity index (χ1n) is 10.3. The Kier molecular flexibility index (Phi) is 5.23. The lowest BCUT2D eigenvalue weighted by Crippen LogP contribution is -2.43. The molecule has 4 heterocycles. The van der Waals surface area contributed by atoms with Crippen LogP contribution in [-0.2, 0) is 4.74 Å². The summed E-state index contributed by atoms with van der Waals surface area (Å²) in [5, 5.41) is 11.3. The van der Waals surface area contributed by atoms with E-state index in [-0.39, 0.29) is 11.9 Å². The highest BCUT2D eigenvalue weighted by atomic mass is 35.5. The molecule has 8 heteroatoms. The van der Waals surface area contributed by atoms with Crippen LogP contribution >= 0.6 is 11.6 Å². The van der Waals surface area contributed by atoms with Crippen LogP contribution in [0.2, 0.25) is 5.02 Å². The minimum absolute atomic E-state index is 0.0858. The number of aromatic nitrogens is 2. The summed E-state index contributed by atoms with van der Waals surface area (Å²) in [7, 11) is 0. The Labute approximate surface area is 180 Å². The van der Waals surface area contributed by atoms with E-state index in [0.717, 1.165) is 55.9 Å². The van der Waals surface area contributed by atoms with Crippen LogP contribution in [0.4, 0.5) is 0 Å². The summed E-state index contributed by atoms with van der Waals surface area (Å²) in [6.07, 6.45) is 11.4. The van der Waals surface area contributed by atoms with E-state index >= 15 is 0 Å². The zero-order valence-corrected chi connectivity index (χ0v) is 17.4. The van der Waals surface area contributed by atoms with Gasteiger partial charge in [-0.1, -0.05) is 23.8 Å². The first-order chi connectivity index (χ1) is 14.7. The SMILES string of the molecule is O=C(N[C@H]1COC2=C(C=CCC(N3CCNCC3)=C2)C1)c1cnn2cc(Cl)ccc12. The average Bonchev–Trinajstić information content (AvgIpc) is 3.06. The molecule has 2 N–H and O–H groups in total. The lowest BCUT2D eigenvalue weighted by molar-refractivity contribution is 0.0893. The molecule has 0 spiro atoms. The number of pyridine rings is 1. The van der Waals surface area contributed by atoms with Crippen LogP contribution < -0.4 is 10.6 Å². The highest BCUT2D eigenvalue weighted by Crippen LogP contribution is 2.28. The zero-order valence-electron chi connectivity index (χ0n) is 16.6. The van der Waals surface area contributed by atoms with E-state index in [0.29, 0.717) is 17.2 Å². The minimum atomic E-state index is -0.153. The number of nitrogens with zero attached hydrogens (tertiary/aromatic N) is 3. The lowest BCUT2D eigenvalue weighted by Gasteiger charge is -2.32. The minimum Gasteiger partial charge on any atom is -0.491 e. The summed E-state index contributed by atoms with van der Waals surface area (Å²) in [6.45, 7) is 4.52. The van der Waals surface area contributed by atoms with Crippen molar-refractivity contribution < 1.29 is 9.53 Å². The van der Waals surface area contributed by atoms with E-state index < -0.39 is 0 Å². The fraction of sp³-hybridized carbons (Fsp3) is 0.364. The van der Waals surface area contributed by atoms with Crippen LogP contribution in [0.5, 0.6) is 0 Å². The molecule has 7 nitrogen and oxygen atoms in total. The monoisotopic (exact) mass is 425 g/mol. The van der Waals surface area contributed by atoms with Crippen molar-refractivity contribution in [1.82, 2.24) is 25.1 Å². The molecule has 1 fully saturated rings. The molecule has 2 aromatic rings. The number of piperazine rings is 1. The van der Waals surface area contributed by atoms with Gasteiger partial charge in [0, 0.05) is 44.5 Å². The Morgan fingerprint density at radius 3 is 3.03 bits per heavy atom. The molecule has 0 unspecified atom stereocenters. The molecule has 156 valence electrons. The van der Waals surface area contributed by atoms with Crippen LogP contribution in [0.1, 0.15) is 23.2 Å². The van der Waals surface area contributed by atoms with Crippen LogP contribution in [0.3, 0.4) is 0 Å². The summed E-state index contributed by atoms with van der Waals surface area (Å²) in [5.41, 5.74) is 3.68. The highest BCUT2D eigenvalue weighted by molar-refractivity contribution is 6.30. The van der Waals surface area contributed by atoms with Crippen LogP contribution in [0, 0.1) is 0 Å². The van der Waals surface area contributed by atoms with Gasteiger partial charge in [-0.25, -0.2) is 4.52 Å². The van der Waals surface area contributed by atoms with Crippen molar-refractivity contribution >= 4 is 23.0 Å². The van der Waals surface area contributed by atoms with Crippen molar-refractivity contribution in [3.63, 3.8) is 0 Å². The second-order valence-electron chi connectivity index (χ2n) is 7.79. The van der Waals surface area contributed by atoms with Crippen LogP contribution in [0.15, 0.2) is 59.8 Å². The zero-order chi connectivity index (χ0) is 20.5. The first kappa shape index (κ1) is 19.2. The maximum absolute atomic E-state index is 12.8. The van der Waals surface area contributed by atoms with Crippen molar-refractivity contribution in [2.45, 2.75) is 18.9 Å². The lowest BCUT2D eigenvalue weighted by atomic mass is 10.0. The van der Waals surface area contributed by atoms with Crippen molar-refractivity contribution in [3.05, 3.63) is 70.4 Å². The molecule has 1 amide bonds. The van der Waals surface area contributed by atoms with Crippen molar-refractivity contribution in [2.24, 2.45) is 0 Å². The molecule has 1 aliphatic carbocycles. The molecule has 30 heavy (non-hydrogen) atoms. The molecule has 0 radical (unpaired) electrons. The molecular formula is C22H24ClN5O2. The standard InChI is InChI=1S/C22H24ClN5O2/c23-16-4-5-20-19(12-25-28(20)13-16)22(29)26-17-10-15-2-1-3-18(11-21(15)30-14-17)27-8-6-24-7-9-27/h1-2,4-5,11-13,17,24H,3,6-10,14H2,(H,26,29)/t17-/m1/s1. The Hall–Kier alpha value is -2.77. The maximum Gasteiger partial charge on any atom is 0.255 e. The molecule has 0 aromatic carbocycles. The van der Waals surface area contributed by atoms with Crippen LogP contribution in [-0.4, -0.2) is 59.2 Å². The number of carbonyl (C=O) groups excluding carboxylic acids is 1. The maximum atomic E-state index is 12.8. The second-order valence-corrected chi connectivity index (χ2v) is 8.23. The number of ether oxygens (including phenoxy) is 1. The predicted octanol–water partition coefficient (Wildman–Crippen LogP) is 2.51. The smallest absolute Gasteiger partial charge is 0.255 e. The van der Waals surface area contributed by atoms with E-state index in [1.807, 2.05) is 0 Å². The molecule has 1 atom stereocenters. The third-order valence-corrected chi connectivity index (χ3v) is 5.97. The summed E-state index contributed by atoms with van der Waals surface area (Å²) >= 11 is 6.00. The van der Waals surface area contributed by atoms with E-state index in [9.17, 15) is 4.79 Å². The molecule has 0 saturated carbocycles. The van der Waals surface area contributed by atoms with Crippen LogP contribution in [0.25, 0.3) is 5.52 Å². The molecule has 1 saturated heterocycles.